The third-order valence-corrected chi connectivity index (χ3v) is 2.63. The second-order valence-electron chi connectivity index (χ2n) is 3.78. The molecule has 0 saturated heterocycles. The summed E-state index contributed by atoms with van der Waals surface area (Å²) in [7, 11) is 0. The summed E-state index contributed by atoms with van der Waals surface area (Å²) in [5.41, 5.74) is 1.30. The van der Waals surface area contributed by atoms with Crippen LogP contribution in [0.25, 0.3) is 5.65 Å². The highest BCUT2D eigenvalue weighted by atomic mass is 16.1. The summed E-state index contributed by atoms with van der Waals surface area (Å²) in [6.45, 7) is 0.545. The standard InChI is InChI=1S/C12H10N4O/c17-12-11-14-13-9-16(11)7-6-15(12)8-10-4-2-1-3-5-10/h1-7,9H,8H2. The number of benzene rings is 1. The molecule has 1 aromatic carbocycles. The van der Waals surface area contributed by atoms with E-state index in [9.17, 15) is 4.79 Å². The summed E-state index contributed by atoms with van der Waals surface area (Å²) in [5, 5.41) is 7.51. The van der Waals surface area contributed by atoms with Crippen molar-refractivity contribution in [3.8, 4) is 0 Å². The fraction of sp³-hybridized carbons (Fsp3) is 0.0833. The molecule has 5 heteroatoms. The SMILES string of the molecule is O=c1c2nncn2ccn1Cc1ccccc1. The second-order valence-corrected chi connectivity index (χ2v) is 3.78. The van der Waals surface area contributed by atoms with Gasteiger partial charge >= 0.3 is 0 Å². The summed E-state index contributed by atoms with van der Waals surface area (Å²) < 4.78 is 3.24. The zero-order chi connectivity index (χ0) is 11.7. The molecule has 0 radical (unpaired) electrons. The fourth-order valence-electron chi connectivity index (χ4n) is 1.76. The molecular weight excluding hydrogens is 216 g/mol. The molecular formula is C12H10N4O. The molecule has 0 aliphatic rings. The Hall–Kier alpha value is -2.43. The third kappa shape index (κ3) is 1.71. The summed E-state index contributed by atoms with van der Waals surface area (Å²) in [4.78, 5) is 12.0. The van der Waals surface area contributed by atoms with Gasteiger partial charge < -0.3 is 4.57 Å². The Morgan fingerprint density at radius 2 is 1.94 bits per heavy atom. The number of rotatable bonds is 2. The first-order chi connectivity index (χ1) is 8.34. The van der Waals surface area contributed by atoms with Crippen LogP contribution in [0.3, 0.4) is 0 Å². The van der Waals surface area contributed by atoms with E-state index < -0.39 is 0 Å². The Bertz CT molecular complexity index is 699. The van der Waals surface area contributed by atoms with Gasteiger partial charge in [0.1, 0.15) is 6.33 Å². The normalized spacial score (nSPS) is 10.8. The fourth-order valence-corrected chi connectivity index (χ4v) is 1.76. The van der Waals surface area contributed by atoms with E-state index in [1.165, 1.54) is 6.33 Å². The molecule has 0 aliphatic heterocycles. The lowest BCUT2D eigenvalue weighted by atomic mass is 10.2. The Kier molecular flexibility index (Phi) is 2.22. The molecule has 0 fully saturated rings. The molecule has 3 rings (SSSR count). The van der Waals surface area contributed by atoms with Gasteiger partial charge in [-0.3, -0.25) is 9.20 Å². The molecule has 84 valence electrons. The van der Waals surface area contributed by atoms with Crippen LogP contribution < -0.4 is 5.56 Å². The maximum absolute atomic E-state index is 12.0. The lowest BCUT2D eigenvalue weighted by molar-refractivity contribution is 0.750. The van der Waals surface area contributed by atoms with Crippen LogP contribution in [0.15, 0.2) is 53.8 Å². The molecule has 17 heavy (non-hydrogen) atoms. The molecule has 0 N–H and O–H groups in total. The van der Waals surface area contributed by atoms with Crippen molar-refractivity contribution in [3.05, 3.63) is 65.0 Å². The van der Waals surface area contributed by atoms with E-state index in [1.807, 2.05) is 30.3 Å². The van der Waals surface area contributed by atoms with Crippen LogP contribution in [0.2, 0.25) is 0 Å². The van der Waals surface area contributed by atoms with Crippen LogP contribution in [0.4, 0.5) is 0 Å². The summed E-state index contributed by atoms with van der Waals surface area (Å²) in [5.74, 6) is 0. The quantitative estimate of drug-likeness (QED) is 0.653. The van der Waals surface area contributed by atoms with Crippen LogP contribution >= 0.6 is 0 Å². The summed E-state index contributed by atoms with van der Waals surface area (Å²) in [6, 6.07) is 9.83. The first-order valence-corrected chi connectivity index (χ1v) is 5.27. The maximum atomic E-state index is 12.0. The van der Waals surface area contributed by atoms with Crippen molar-refractivity contribution in [3.63, 3.8) is 0 Å². The number of hydrogen-bond donors (Lipinski definition) is 0. The highest BCUT2D eigenvalue weighted by Crippen LogP contribution is 2.01. The van der Waals surface area contributed by atoms with Crippen LogP contribution in [0.1, 0.15) is 5.56 Å². The van der Waals surface area contributed by atoms with E-state index in [-0.39, 0.29) is 5.56 Å². The molecule has 5 nitrogen and oxygen atoms in total. The van der Waals surface area contributed by atoms with Gasteiger partial charge in [0.05, 0.1) is 6.54 Å². The van der Waals surface area contributed by atoms with Gasteiger partial charge in [-0.25, -0.2) is 0 Å². The smallest absolute Gasteiger partial charge is 0.296 e. The van der Waals surface area contributed by atoms with Crippen molar-refractivity contribution >= 4 is 5.65 Å². The van der Waals surface area contributed by atoms with Gasteiger partial charge in [0.15, 0.2) is 0 Å². The Morgan fingerprint density at radius 1 is 1.12 bits per heavy atom. The van der Waals surface area contributed by atoms with Gasteiger partial charge in [-0.15, -0.1) is 10.2 Å². The zero-order valence-electron chi connectivity index (χ0n) is 9.02. The highest BCUT2D eigenvalue weighted by molar-refractivity contribution is 5.32. The largest absolute Gasteiger partial charge is 0.306 e. The monoisotopic (exact) mass is 226 g/mol. The van der Waals surface area contributed by atoms with E-state index in [4.69, 9.17) is 0 Å². The first-order valence-electron chi connectivity index (χ1n) is 5.27. The molecule has 0 amide bonds. The molecule has 3 aromatic rings. The number of aromatic nitrogens is 4. The molecule has 0 saturated carbocycles. The minimum Gasteiger partial charge on any atom is -0.306 e. The van der Waals surface area contributed by atoms with E-state index in [2.05, 4.69) is 10.2 Å². The maximum Gasteiger partial charge on any atom is 0.296 e. The van der Waals surface area contributed by atoms with Gasteiger partial charge in [0, 0.05) is 12.4 Å². The average molecular weight is 226 g/mol. The van der Waals surface area contributed by atoms with Crippen molar-refractivity contribution in [2.75, 3.05) is 0 Å². The van der Waals surface area contributed by atoms with E-state index in [0.717, 1.165) is 5.56 Å². The molecule has 0 bridgehead atoms. The van der Waals surface area contributed by atoms with Crippen molar-refractivity contribution in [2.24, 2.45) is 0 Å². The van der Waals surface area contributed by atoms with Gasteiger partial charge in [0.2, 0.25) is 5.65 Å². The summed E-state index contributed by atoms with van der Waals surface area (Å²) in [6.07, 6.45) is 5.04. The topological polar surface area (TPSA) is 52.2 Å². The minimum atomic E-state index is -0.131. The third-order valence-electron chi connectivity index (χ3n) is 2.63. The predicted octanol–water partition coefficient (Wildman–Crippen LogP) is 0.939. The minimum absolute atomic E-state index is 0.131. The Balaban J connectivity index is 2.07. The number of fused-ring (bicyclic) bond motifs is 1. The number of hydrogen-bond acceptors (Lipinski definition) is 3. The molecule has 0 aliphatic carbocycles. The predicted molar refractivity (Wildman–Crippen MR) is 62.8 cm³/mol. The van der Waals surface area contributed by atoms with Crippen LogP contribution in [0.5, 0.6) is 0 Å². The van der Waals surface area contributed by atoms with E-state index in [1.54, 1.807) is 21.4 Å². The van der Waals surface area contributed by atoms with Crippen LogP contribution in [0, 0.1) is 0 Å². The lowest BCUT2D eigenvalue weighted by Crippen LogP contribution is -2.22. The van der Waals surface area contributed by atoms with Gasteiger partial charge in [0.25, 0.3) is 5.56 Å². The lowest BCUT2D eigenvalue weighted by Gasteiger charge is -2.05. The Labute approximate surface area is 97.0 Å². The van der Waals surface area contributed by atoms with E-state index >= 15 is 0 Å². The van der Waals surface area contributed by atoms with Crippen molar-refractivity contribution in [1.29, 1.82) is 0 Å². The Morgan fingerprint density at radius 3 is 2.76 bits per heavy atom. The zero-order valence-corrected chi connectivity index (χ0v) is 9.02. The second kappa shape index (κ2) is 3.86. The molecule has 2 heterocycles. The van der Waals surface area contributed by atoms with E-state index in [0.29, 0.717) is 12.2 Å². The number of nitrogens with zero attached hydrogens (tertiary/aromatic N) is 4. The van der Waals surface area contributed by atoms with Crippen LogP contribution in [-0.4, -0.2) is 19.2 Å². The average Bonchev–Trinajstić information content (AvgIpc) is 2.83. The van der Waals surface area contributed by atoms with Crippen molar-refractivity contribution < 1.29 is 0 Å². The van der Waals surface area contributed by atoms with Crippen molar-refractivity contribution in [1.82, 2.24) is 19.2 Å². The first kappa shape index (κ1) is 9.77. The molecule has 0 unspecified atom stereocenters. The van der Waals surface area contributed by atoms with Gasteiger partial charge in [-0.1, -0.05) is 30.3 Å². The molecule has 0 spiro atoms. The van der Waals surface area contributed by atoms with Gasteiger partial charge in [-0.05, 0) is 5.56 Å². The highest BCUT2D eigenvalue weighted by Gasteiger charge is 2.04. The van der Waals surface area contributed by atoms with Crippen LogP contribution in [-0.2, 0) is 6.54 Å². The van der Waals surface area contributed by atoms with Gasteiger partial charge in [-0.2, -0.15) is 0 Å². The van der Waals surface area contributed by atoms with Crippen molar-refractivity contribution in [2.45, 2.75) is 6.54 Å². The summed E-state index contributed by atoms with van der Waals surface area (Å²) >= 11 is 0. The molecule has 2 aromatic heterocycles. The molecule has 0 atom stereocenters.